The number of halogens is 4. The van der Waals surface area contributed by atoms with E-state index in [1.165, 1.54) is 7.11 Å². The van der Waals surface area contributed by atoms with E-state index < -0.39 is 29.3 Å². The number of Topliss-reactive ketones (excluding diaryl/α,β-unsaturated/α-hetero) is 1. The molecule has 0 spiro atoms. The Kier molecular flexibility index (Phi) is 5.05. The van der Waals surface area contributed by atoms with Crippen LogP contribution < -0.4 is 0 Å². The molecule has 0 aliphatic heterocycles. The summed E-state index contributed by atoms with van der Waals surface area (Å²) in [6.07, 6.45) is -4.41. The maximum absolute atomic E-state index is 13.1. The quantitative estimate of drug-likeness (QED) is 0.606. The summed E-state index contributed by atoms with van der Waals surface area (Å²) < 4.78 is 55.5. The minimum Gasteiger partial charge on any atom is -0.385 e. The summed E-state index contributed by atoms with van der Waals surface area (Å²) in [6.45, 7) is 1.93. The van der Waals surface area contributed by atoms with Gasteiger partial charge in [0, 0.05) is 25.2 Å². The molecular formula is C13H14F4O2. The predicted octanol–water partition coefficient (Wildman–Crippen LogP) is 3.70. The SMILES string of the molecule is COCCC(C)C(=O)c1ccc(F)c(C(F)(F)F)c1. The number of hydrogen-bond donors (Lipinski definition) is 0. The van der Waals surface area contributed by atoms with Crippen molar-refractivity contribution in [2.45, 2.75) is 19.5 Å². The van der Waals surface area contributed by atoms with Crippen LogP contribution in [0.5, 0.6) is 0 Å². The Hall–Kier alpha value is -1.43. The van der Waals surface area contributed by atoms with Gasteiger partial charge in [0.15, 0.2) is 5.78 Å². The number of hydrogen-bond acceptors (Lipinski definition) is 2. The van der Waals surface area contributed by atoms with Gasteiger partial charge in [-0.05, 0) is 24.6 Å². The first-order valence-corrected chi connectivity index (χ1v) is 5.67. The lowest BCUT2D eigenvalue weighted by Gasteiger charge is -2.12. The molecule has 0 fully saturated rings. The summed E-state index contributed by atoms with van der Waals surface area (Å²) in [4.78, 5) is 11.9. The number of carbonyl (C=O) groups excluding carboxylic acids is 1. The third kappa shape index (κ3) is 4.02. The monoisotopic (exact) mass is 278 g/mol. The molecule has 0 aromatic heterocycles. The van der Waals surface area contributed by atoms with E-state index in [9.17, 15) is 22.4 Å². The minimum atomic E-state index is -4.81. The van der Waals surface area contributed by atoms with Crippen molar-refractivity contribution in [2.24, 2.45) is 5.92 Å². The molecule has 0 N–H and O–H groups in total. The Morgan fingerprint density at radius 3 is 2.53 bits per heavy atom. The van der Waals surface area contributed by atoms with Crippen LogP contribution in [0.1, 0.15) is 29.3 Å². The first-order chi connectivity index (χ1) is 8.77. The second-order valence-electron chi connectivity index (χ2n) is 4.24. The summed E-state index contributed by atoms with van der Waals surface area (Å²) in [5.74, 6) is -2.32. The molecule has 1 atom stereocenters. The second kappa shape index (κ2) is 6.14. The lowest BCUT2D eigenvalue weighted by molar-refractivity contribution is -0.140. The number of rotatable bonds is 5. The Morgan fingerprint density at radius 1 is 1.37 bits per heavy atom. The second-order valence-corrected chi connectivity index (χ2v) is 4.24. The van der Waals surface area contributed by atoms with Gasteiger partial charge < -0.3 is 4.74 Å². The molecule has 1 rings (SSSR count). The Morgan fingerprint density at radius 2 is 2.00 bits per heavy atom. The largest absolute Gasteiger partial charge is 0.419 e. The van der Waals surface area contributed by atoms with Crippen LogP contribution in [0.2, 0.25) is 0 Å². The predicted molar refractivity (Wildman–Crippen MR) is 61.4 cm³/mol. The third-order valence-electron chi connectivity index (χ3n) is 2.76. The lowest BCUT2D eigenvalue weighted by Crippen LogP contribution is -2.16. The molecule has 1 unspecified atom stereocenters. The molecule has 1 aromatic rings. The molecule has 106 valence electrons. The molecule has 0 aliphatic carbocycles. The van der Waals surface area contributed by atoms with E-state index in [4.69, 9.17) is 4.74 Å². The van der Waals surface area contributed by atoms with Gasteiger partial charge in [-0.25, -0.2) is 4.39 Å². The zero-order valence-corrected chi connectivity index (χ0v) is 10.6. The Labute approximate surface area is 108 Å². The summed E-state index contributed by atoms with van der Waals surface area (Å²) >= 11 is 0. The summed E-state index contributed by atoms with van der Waals surface area (Å²) in [5.41, 5.74) is -1.56. The smallest absolute Gasteiger partial charge is 0.385 e. The number of alkyl halides is 3. The van der Waals surface area contributed by atoms with Crippen LogP contribution in [0, 0.1) is 11.7 Å². The molecular weight excluding hydrogens is 264 g/mol. The van der Waals surface area contributed by atoms with Crippen molar-refractivity contribution in [1.82, 2.24) is 0 Å². The average molecular weight is 278 g/mol. The van der Waals surface area contributed by atoms with Gasteiger partial charge >= 0.3 is 6.18 Å². The average Bonchev–Trinajstić information content (AvgIpc) is 2.34. The van der Waals surface area contributed by atoms with E-state index in [1.807, 2.05) is 0 Å². The highest BCUT2D eigenvalue weighted by Gasteiger charge is 2.34. The third-order valence-corrected chi connectivity index (χ3v) is 2.76. The maximum atomic E-state index is 13.1. The molecule has 0 aliphatic rings. The minimum absolute atomic E-state index is 0.141. The van der Waals surface area contributed by atoms with E-state index >= 15 is 0 Å². The first kappa shape index (κ1) is 15.6. The van der Waals surface area contributed by atoms with E-state index in [0.717, 1.165) is 6.07 Å². The molecule has 6 heteroatoms. The van der Waals surface area contributed by atoms with Crippen LogP contribution >= 0.6 is 0 Å². The van der Waals surface area contributed by atoms with Gasteiger partial charge in [0.05, 0.1) is 5.56 Å². The molecule has 1 aromatic carbocycles. The van der Waals surface area contributed by atoms with Crippen molar-refractivity contribution in [2.75, 3.05) is 13.7 Å². The molecule has 0 saturated carbocycles. The van der Waals surface area contributed by atoms with Gasteiger partial charge in [-0.2, -0.15) is 13.2 Å². The van der Waals surface area contributed by atoms with Gasteiger partial charge in [-0.15, -0.1) is 0 Å². The molecule has 0 saturated heterocycles. The summed E-state index contributed by atoms with van der Waals surface area (Å²) in [7, 11) is 1.47. The van der Waals surface area contributed by atoms with Gasteiger partial charge in [0.25, 0.3) is 0 Å². The van der Waals surface area contributed by atoms with Crippen molar-refractivity contribution < 1.29 is 27.1 Å². The lowest BCUT2D eigenvalue weighted by atomic mass is 9.95. The van der Waals surface area contributed by atoms with E-state index in [-0.39, 0.29) is 5.56 Å². The normalized spacial score (nSPS) is 13.4. The van der Waals surface area contributed by atoms with Crippen LogP contribution in [0.3, 0.4) is 0 Å². The number of ketones is 1. The topological polar surface area (TPSA) is 26.3 Å². The molecule has 0 heterocycles. The van der Waals surface area contributed by atoms with Gasteiger partial charge in [0.1, 0.15) is 5.82 Å². The van der Waals surface area contributed by atoms with Gasteiger partial charge in [-0.1, -0.05) is 6.92 Å². The van der Waals surface area contributed by atoms with Gasteiger partial charge in [-0.3, -0.25) is 4.79 Å². The number of ether oxygens (including phenoxy) is 1. The van der Waals surface area contributed by atoms with Crippen LogP contribution in [-0.4, -0.2) is 19.5 Å². The highest BCUT2D eigenvalue weighted by Crippen LogP contribution is 2.32. The van der Waals surface area contributed by atoms with E-state index in [1.54, 1.807) is 6.92 Å². The van der Waals surface area contributed by atoms with E-state index in [2.05, 4.69) is 0 Å². The fourth-order valence-corrected chi connectivity index (χ4v) is 1.61. The molecule has 19 heavy (non-hydrogen) atoms. The summed E-state index contributed by atoms with van der Waals surface area (Å²) in [6, 6.07) is 2.29. The zero-order valence-electron chi connectivity index (χ0n) is 10.6. The Bertz CT molecular complexity index is 454. The first-order valence-electron chi connectivity index (χ1n) is 5.67. The fraction of sp³-hybridized carbons (Fsp3) is 0.462. The Balaban J connectivity index is 2.99. The van der Waals surface area contributed by atoms with Crippen molar-refractivity contribution in [3.8, 4) is 0 Å². The van der Waals surface area contributed by atoms with Crippen molar-refractivity contribution in [3.05, 3.63) is 35.1 Å². The molecule has 0 radical (unpaired) electrons. The van der Waals surface area contributed by atoms with Crippen molar-refractivity contribution in [1.29, 1.82) is 0 Å². The summed E-state index contributed by atoms with van der Waals surface area (Å²) in [5, 5.41) is 0. The zero-order chi connectivity index (χ0) is 14.6. The number of methoxy groups -OCH3 is 1. The van der Waals surface area contributed by atoms with Crippen molar-refractivity contribution in [3.63, 3.8) is 0 Å². The fourth-order valence-electron chi connectivity index (χ4n) is 1.61. The molecule has 0 bridgehead atoms. The highest BCUT2D eigenvalue weighted by atomic mass is 19.4. The van der Waals surface area contributed by atoms with Crippen LogP contribution in [0.15, 0.2) is 18.2 Å². The molecule has 2 nitrogen and oxygen atoms in total. The van der Waals surface area contributed by atoms with Gasteiger partial charge in [0.2, 0.25) is 0 Å². The number of benzene rings is 1. The van der Waals surface area contributed by atoms with Crippen LogP contribution in [0.4, 0.5) is 17.6 Å². The molecule has 0 amide bonds. The van der Waals surface area contributed by atoms with E-state index in [0.29, 0.717) is 25.2 Å². The standard InChI is InChI=1S/C13H14F4O2/c1-8(5-6-19-2)12(18)9-3-4-11(14)10(7-9)13(15,16)17/h3-4,7-8H,5-6H2,1-2H3. The number of carbonyl (C=O) groups is 1. The maximum Gasteiger partial charge on any atom is 0.419 e. The van der Waals surface area contributed by atoms with Crippen LogP contribution in [0.25, 0.3) is 0 Å². The highest BCUT2D eigenvalue weighted by molar-refractivity contribution is 5.97. The van der Waals surface area contributed by atoms with Crippen molar-refractivity contribution >= 4 is 5.78 Å². The van der Waals surface area contributed by atoms with Crippen LogP contribution in [-0.2, 0) is 10.9 Å².